The van der Waals surface area contributed by atoms with Crippen molar-refractivity contribution < 1.29 is 20.1 Å². The standard InChI is InChI=1S/C21H26O4/c1-14-12-15(19(24)25)8-11-20(14,2)21(9-4-3-5-10-21)17-7-6-16(22)13-18(17)23/h6-8,11-13,15,22-23H,3-5,9-10H2,1-2H3,(H,24,25)/t15-,20-/m1/s1. The zero-order valence-electron chi connectivity index (χ0n) is 14.8. The third-order valence-electron chi connectivity index (χ3n) is 6.37. The first kappa shape index (κ1) is 17.6. The maximum absolute atomic E-state index is 11.4. The lowest BCUT2D eigenvalue weighted by atomic mass is 9.51. The minimum absolute atomic E-state index is 0.0507. The van der Waals surface area contributed by atoms with E-state index in [9.17, 15) is 20.1 Å². The summed E-state index contributed by atoms with van der Waals surface area (Å²) in [5, 5.41) is 29.6. The highest BCUT2D eigenvalue weighted by atomic mass is 16.4. The highest BCUT2D eigenvalue weighted by Crippen LogP contribution is 2.58. The van der Waals surface area contributed by atoms with Crippen molar-refractivity contribution in [3.63, 3.8) is 0 Å². The van der Waals surface area contributed by atoms with Gasteiger partial charge in [0.15, 0.2) is 0 Å². The van der Waals surface area contributed by atoms with Gasteiger partial charge in [0.25, 0.3) is 0 Å². The first-order valence-corrected chi connectivity index (χ1v) is 8.94. The van der Waals surface area contributed by atoms with Crippen molar-refractivity contribution >= 4 is 5.97 Å². The molecule has 1 fully saturated rings. The molecule has 1 aromatic carbocycles. The van der Waals surface area contributed by atoms with Crippen LogP contribution in [-0.2, 0) is 10.2 Å². The van der Waals surface area contributed by atoms with Crippen molar-refractivity contribution in [2.24, 2.45) is 11.3 Å². The van der Waals surface area contributed by atoms with E-state index in [0.29, 0.717) is 0 Å². The van der Waals surface area contributed by atoms with Gasteiger partial charge in [0, 0.05) is 22.5 Å². The molecule has 4 nitrogen and oxygen atoms in total. The van der Waals surface area contributed by atoms with Gasteiger partial charge in [0.2, 0.25) is 0 Å². The van der Waals surface area contributed by atoms with Crippen molar-refractivity contribution in [2.75, 3.05) is 0 Å². The van der Waals surface area contributed by atoms with Gasteiger partial charge in [-0.1, -0.05) is 56.1 Å². The van der Waals surface area contributed by atoms with E-state index >= 15 is 0 Å². The molecule has 2 aliphatic carbocycles. The predicted octanol–water partition coefficient (Wildman–Crippen LogP) is 4.52. The van der Waals surface area contributed by atoms with Gasteiger partial charge < -0.3 is 15.3 Å². The molecule has 0 saturated heterocycles. The van der Waals surface area contributed by atoms with Crippen LogP contribution < -0.4 is 0 Å². The average molecular weight is 342 g/mol. The summed E-state index contributed by atoms with van der Waals surface area (Å²) in [6, 6.07) is 4.85. The Bertz CT molecular complexity index is 740. The number of aromatic hydroxyl groups is 2. The van der Waals surface area contributed by atoms with E-state index in [1.165, 1.54) is 12.5 Å². The third kappa shape index (κ3) is 2.74. The van der Waals surface area contributed by atoms with E-state index in [4.69, 9.17) is 0 Å². The number of phenols is 2. The molecule has 0 unspecified atom stereocenters. The molecule has 2 atom stereocenters. The lowest BCUT2D eigenvalue weighted by molar-refractivity contribution is -0.138. The minimum Gasteiger partial charge on any atom is -0.508 e. The molecule has 2 aliphatic rings. The Labute approximate surface area is 148 Å². The van der Waals surface area contributed by atoms with Gasteiger partial charge in [-0.2, -0.15) is 0 Å². The van der Waals surface area contributed by atoms with Crippen LogP contribution in [0.5, 0.6) is 11.5 Å². The van der Waals surface area contributed by atoms with Crippen molar-refractivity contribution in [3.05, 3.63) is 47.6 Å². The molecule has 0 heterocycles. The number of rotatable bonds is 3. The summed E-state index contributed by atoms with van der Waals surface area (Å²) in [5.41, 5.74) is 1.20. The zero-order valence-corrected chi connectivity index (χ0v) is 14.8. The van der Waals surface area contributed by atoms with Crippen LogP contribution in [-0.4, -0.2) is 21.3 Å². The van der Waals surface area contributed by atoms with Crippen LogP contribution in [0.25, 0.3) is 0 Å². The highest BCUT2D eigenvalue weighted by Gasteiger charge is 2.51. The van der Waals surface area contributed by atoms with Crippen molar-refractivity contribution in [1.82, 2.24) is 0 Å². The Morgan fingerprint density at radius 1 is 1.16 bits per heavy atom. The molecule has 0 spiro atoms. The van der Waals surface area contributed by atoms with Crippen LogP contribution in [0.15, 0.2) is 42.0 Å². The molecule has 1 aromatic rings. The molecule has 0 amide bonds. The third-order valence-corrected chi connectivity index (χ3v) is 6.37. The summed E-state index contributed by atoms with van der Waals surface area (Å²) in [6.07, 6.45) is 10.8. The van der Waals surface area contributed by atoms with Crippen molar-refractivity contribution in [1.29, 1.82) is 0 Å². The molecule has 1 saturated carbocycles. The molecule has 3 rings (SSSR count). The van der Waals surface area contributed by atoms with Crippen LogP contribution in [0.4, 0.5) is 0 Å². The number of carbonyl (C=O) groups is 1. The van der Waals surface area contributed by atoms with E-state index in [2.05, 4.69) is 6.92 Å². The van der Waals surface area contributed by atoms with Gasteiger partial charge in [-0.25, -0.2) is 0 Å². The number of hydrogen-bond acceptors (Lipinski definition) is 3. The van der Waals surface area contributed by atoms with E-state index in [0.717, 1.165) is 36.8 Å². The first-order valence-electron chi connectivity index (χ1n) is 8.94. The summed E-state index contributed by atoms with van der Waals surface area (Å²) in [6.45, 7) is 4.14. The van der Waals surface area contributed by atoms with E-state index in [1.807, 2.05) is 25.1 Å². The Morgan fingerprint density at radius 2 is 1.84 bits per heavy atom. The number of carboxylic acids is 1. The number of benzene rings is 1. The first-order chi connectivity index (χ1) is 11.8. The lowest BCUT2D eigenvalue weighted by Crippen LogP contribution is -2.46. The molecular weight excluding hydrogens is 316 g/mol. The van der Waals surface area contributed by atoms with Gasteiger partial charge in [-0.05, 0) is 25.8 Å². The zero-order chi connectivity index (χ0) is 18.2. The maximum Gasteiger partial charge on any atom is 0.314 e. The summed E-state index contributed by atoms with van der Waals surface area (Å²) in [4.78, 5) is 11.4. The second-order valence-corrected chi connectivity index (χ2v) is 7.62. The SMILES string of the molecule is CC1=C[C@H](C(=O)O)C=C[C@@]1(C)C1(c2ccc(O)cc2O)CCCCC1. The Hall–Kier alpha value is -2.23. The monoisotopic (exact) mass is 342 g/mol. The number of phenolic OH excluding ortho intramolecular Hbond substituents is 2. The molecule has 4 heteroatoms. The van der Waals surface area contributed by atoms with E-state index in [1.54, 1.807) is 12.1 Å². The minimum atomic E-state index is -0.845. The van der Waals surface area contributed by atoms with Crippen molar-refractivity contribution in [3.8, 4) is 11.5 Å². The molecule has 25 heavy (non-hydrogen) atoms. The number of allylic oxidation sites excluding steroid dienone is 2. The normalized spacial score (nSPS) is 28.4. The fourth-order valence-corrected chi connectivity index (χ4v) is 4.76. The lowest BCUT2D eigenvalue weighted by Gasteiger charge is -2.52. The van der Waals surface area contributed by atoms with Crippen molar-refractivity contribution in [2.45, 2.75) is 51.4 Å². The molecule has 134 valence electrons. The van der Waals surface area contributed by atoms with E-state index in [-0.39, 0.29) is 22.3 Å². The van der Waals surface area contributed by atoms with E-state index < -0.39 is 11.9 Å². The Morgan fingerprint density at radius 3 is 2.40 bits per heavy atom. The largest absolute Gasteiger partial charge is 0.508 e. The fourth-order valence-electron chi connectivity index (χ4n) is 4.76. The summed E-state index contributed by atoms with van der Waals surface area (Å²) in [5.74, 6) is -1.27. The van der Waals surface area contributed by atoms with Crippen LogP contribution in [0, 0.1) is 11.3 Å². The number of aliphatic carboxylic acids is 1. The smallest absolute Gasteiger partial charge is 0.314 e. The average Bonchev–Trinajstić information content (AvgIpc) is 2.57. The van der Waals surface area contributed by atoms with Gasteiger partial charge in [0.05, 0.1) is 5.92 Å². The van der Waals surface area contributed by atoms with Crippen LogP contribution in [0.3, 0.4) is 0 Å². The second-order valence-electron chi connectivity index (χ2n) is 7.62. The summed E-state index contributed by atoms with van der Waals surface area (Å²) >= 11 is 0. The Balaban J connectivity index is 2.15. The molecule has 0 aliphatic heterocycles. The van der Waals surface area contributed by atoms with Crippen LogP contribution in [0.1, 0.15) is 51.5 Å². The second kappa shape index (κ2) is 6.25. The Kier molecular flexibility index (Phi) is 4.40. The number of hydrogen-bond donors (Lipinski definition) is 3. The maximum atomic E-state index is 11.4. The molecule has 0 bridgehead atoms. The molecular formula is C21H26O4. The molecule has 3 N–H and O–H groups in total. The number of carboxylic acid groups (broad SMARTS) is 1. The fraction of sp³-hybridized carbons (Fsp3) is 0.476. The van der Waals surface area contributed by atoms with Crippen LogP contribution >= 0.6 is 0 Å². The van der Waals surface area contributed by atoms with Crippen LogP contribution in [0.2, 0.25) is 0 Å². The van der Waals surface area contributed by atoms with Gasteiger partial charge >= 0.3 is 5.97 Å². The predicted molar refractivity (Wildman–Crippen MR) is 96.7 cm³/mol. The quantitative estimate of drug-likeness (QED) is 0.706. The molecule has 0 aromatic heterocycles. The van der Waals surface area contributed by atoms with Gasteiger partial charge in [0.1, 0.15) is 11.5 Å². The van der Waals surface area contributed by atoms with Gasteiger partial charge in [-0.15, -0.1) is 0 Å². The highest BCUT2D eigenvalue weighted by molar-refractivity contribution is 5.75. The summed E-state index contributed by atoms with van der Waals surface area (Å²) < 4.78 is 0. The molecule has 0 radical (unpaired) electrons. The topological polar surface area (TPSA) is 77.8 Å². The van der Waals surface area contributed by atoms with Gasteiger partial charge in [-0.3, -0.25) is 4.79 Å². The summed E-state index contributed by atoms with van der Waals surface area (Å²) in [7, 11) is 0.